The first-order chi connectivity index (χ1) is 38.0. The van der Waals surface area contributed by atoms with Gasteiger partial charge in [0.25, 0.3) is 45.3 Å². The van der Waals surface area contributed by atoms with Crippen LogP contribution in [0.1, 0.15) is 117 Å². The number of nitrogen functional groups attached to an aromatic ring is 2. The number of aromatic nitrogens is 6. The van der Waals surface area contributed by atoms with Gasteiger partial charge in [0, 0.05) is 60.8 Å². The van der Waals surface area contributed by atoms with Crippen molar-refractivity contribution in [3.8, 4) is 11.4 Å². The molecular formula is C59H50N12O8. The minimum Gasteiger partial charge on any atom is -0.394 e. The molecule has 4 amide bonds. The third-order valence-electron chi connectivity index (χ3n) is 14.9. The predicted octanol–water partition coefficient (Wildman–Crippen LogP) is 4.82. The molecule has 10 aromatic rings. The minimum atomic E-state index is -0.671. The molecule has 0 unspecified atom stereocenters. The van der Waals surface area contributed by atoms with Gasteiger partial charge >= 0.3 is 0 Å². The number of hydrogen-bond acceptors (Lipinski definition) is 14. The fraction of sp³-hybridized carbons (Fsp3) is 0.186. The fourth-order valence-corrected chi connectivity index (χ4v) is 10.4. The van der Waals surface area contributed by atoms with Crippen LogP contribution in [0.5, 0.6) is 0 Å². The highest BCUT2D eigenvalue weighted by Crippen LogP contribution is 2.35. The van der Waals surface area contributed by atoms with Crippen LogP contribution in [0.4, 0.5) is 11.4 Å². The molecule has 4 aromatic heterocycles. The van der Waals surface area contributed by atoms with Crippen LogP contribution < -0.4 is 54.4 Å². The molecule has 79 heavy (non-hydrogen) atoms. The van der Waals surface area contributed by atoms with Crippen LogP contribution in [0.15, 0.2) is 135 Å². The number of hydrogen-bond donors (Lipinski definition) is 6. The van der Waals surface area contributed by atoms with Crippen LogP contribution in [0.25, 0.3) is 32.9 Å². The number of benzene rings is 4. The number of nitrogens with one attached hydrogen (secondary N) is 4. The number of aryl methyl sites for hydroxylation is 3. The smallest absolute Gasteiger partial charge is 0.270 e. The van der Waals surface area contributed by atoms with E-state index in [1.165, 1.54) is 52.6 Å². The molecule has 0 bridgehead atoms. The Balaban J connectivity index is 0.000000167. The van der Waals surface area contributed by atoms with Crippen molar-refractivity contribution in [2.75, 3.05) is 11.5 Å². The molecule has 6 aromatic carbocycles. The van der Waals surface area contributed by atoms with Gasteiger partial charge in [-0.2, -0.15) is 0 Å². The summed E-state index contributed by atoms with van der Waals surface area (Å²) >= 11 is 0. The van der Waals surface area contributed by atoms with E-state index in [9.17, 15) is 38.4 Å². The number of fused-ring (bicyclic) bond motifs is 4. The summed E-state index contributed by atoms with van der Waals surface area (Å²) in [6.07, 6.45) is 12.7. The van der Waals surface area contributed by atoms with Crippen LogP contribution in [-0.2, 0) is 25.9 Å². The number of carbonyl (C=O) groups excluding carboxylic acids is 4. The maximum Gasteiger partial charge on any atom is 0.270 e. The van der Waals surface area contributed by atoms with E-state index in [4.69, 9.17) is 11.5 Å². The Labute approximate surface area is 449 Å². The average molecular weight is 1060 g/mol. The van der Waals surface area contributed by atoms with Crippen molar-refractivity contribution in [3.63, 3.8) is 0 Å². The molecule has 2 aliphatic rings. The number of nitrogens with zero attached hydrogens (tertiary/aromatic N) is 6. The zero-order valence-electron chi connectivity index (χ0n) is 43.0. The molecule has 0 spiro atoms. The third kappa shape index (κ3) is 9.71. The second kappa shape index (κ2) is 20.4. The standard InChI is InChI=1S/C30H26N6O4.C29H24N6O4/c1-15-3-6-21-20(16(15)2)7-8-22(21)35-30(40)24-10-23(33-14-34-24)29(39)32-11-17-4-5-18-12-36(13-19(18)9-17)26-25(31)27(37)28(26)38;1-15-2-6-20-17(8-15)5-7-21(20)34-29(39)23-10-22(32-14-33-23)28(38)31-11-16-3-4-18-12-35(13-19(18)9-16)25-24(30)26(36)27(25)37/h3-6,9-10,12-14,22H,7-8,11,31H2,1-2H3,(H,32,39)(H,35,40);2-4,6,8-10,12-14,21H,5,7,11,30H2,1H3,(H,31,38)(H,34,39)/t22-;21-/m00/s1. The van der Waals surface area contributed by atoms with E-state index in [-0.39, 0.29) is 82.5 Å². The van der Waals surface area contributed by atoms with Gasteiger partial charge in [-0.05, 0) is 114 Å². The van der Waals surface area contributed by atoms with E-state index in [1.807, 2.05) is 55.5 Å². The second-order valence-electron chi connectivity index (χ2n) is 19.9. The lowest BCUT2D eigenvalue weighted by molar-refractivity contribution is 0.0919. The molecule has 0 aliphatic heterocycles. The van der Waals surface area contributed by atoms with Crippen molar-refractivity contribution in [3.05, 3.63) is 230 Å². The van der Waals surface area contributed by atoms with Gasteiger partial charge in [-0.3, -0.25) is 38.4 Å². The molecule has 2 aliphatic carbocycles. The largest absolute Gasteiger partial charge is 0.394 e. The Kier molecular flexibility index (Phi) is 13.1. The summed E-state index contributed by atoms with van der Waals surface area (Å²) in [5, 5.41) is 15.0. The summed E-state index contributed by atoms with van der Waals surface area (Å²) in [6, 6.07) is 24.1. The predicted molar refractivity (Wildman–Crippen MR) is 296 cm³/mol. The van der Waals surface area contributed by atoms with Gasteiger partial charge in [-0.1, -0.05) is 60.2 Å². The second-order valence-corrected chi connectivity index (χ2v) is 19.9. The first kappa shape index (κ1) is 50.9. The van der Waals surface area contributed by atoms with E-state index >= 15 is 0 Å². The van der Waals surface area contributed by atoms with Gasteiger partial charge in [-0.15, -0.1) is 0 Å². The average Bonchev–Trinajstić information content (AvgIpc) is 4.48. The summed E-state index contributed by atoms with van der Waals surface area (Å²) in [7, 11) is 0. The summed E-state index contributed by atoms with van der Waals surface area (Å²) in [6.45, 7) is 6.67. The van der Waals surface area contributed by atoms with Crippen LogP contribution >= 0.6 is 0 Å². The Morgan fingerprint density at radius 3 is 1.48 bits per heavy atom. The molecule has 394 valence electrons. The highest BCUT2D eigenvalue weighted by molar-refractivity contribution is 5.98. The molecular weight excluding hydrogens is 1000 g/mol. The Morgan fingerprint density at radius 2 is 0.975 bits per heavy atom. The SMILES string of the molecule is Cc1ccc2c(c1)CC[C@@H]2NC(=O)c1cc(C(=O)NCc2ccc3cn(-c4c(N)c(=O)c4=O)cc3c2)ncn1.Cc1ccc2c(c1C)CC[C@@H]2NC(=O)c1cc(C(=O)NCc2ccc3cn(-c4c(N)c(=O)c4=O)cc3c2)ncn1. The molecule has 2 atom stereocenters. The normalized spacial score (nSPS) is 14.4. The van der Waals surface area contributed by atoms with Gasteiger partial charge in [0.1, 0.15) is 58.2 Å². The van der Waals surface area contributed by atoms with E-state index in [2.05, 4.69) is 73.2 Å². The molecule has 0 radical (unpaired) electrons. The topological polar surface area (TPSA) is 298 Å². The monoisotopic (exact) mass is 1050 g/mol. The maximum atomic E-state index is 13.0. The lowest BCUT2D eigenvalue weighted by Gasteiger charge is -2.15. The lowest BCUT2D eigenvalue weighted by atomic mass is 9.99. The van der Waals surface area contributed by atoms with Crippen molar-refractivity contribution >= 4 is 56.5 Å². The van der Waals surface area contributed by atoms with Crippen molar-refractivity contribution in [1.82, 2.24) is 50.3 Å². The van der Waals surface area contributed by atoms with E-state index in [0.717, 1.165) is 69.5 Å². The molecule has 0 saturated carbocycles. The summed E-state index contributed by atoms with van der Waals surface area (Å²) < 4.78 is 3.09. The van der Waals surface area contributed by atoms with Crippen LogP contribution in [0, 0.1) is 20.8 Å². The number of nitrogens with two attached hydrogens (primary N) is 2. The number of carbonyl (C=O) groups is 4. The van der Waals surface area contributed by atoms with Crippen molar-refractivity contribution in [2.24, 2.45) is 0 Å². The quantitative estimate of drug-likeness (QED) is 0.0895. The first-order valence-corrected chi connectivity index (χ1v) is 25.4. The lowest BCUT2D eigenvalue weighted by Crippen LogP contribution is -2.38. The van der Waals surface area contributed by atoms with Crippen LogP contribution in [0.3, 0.4) is 0 Å². The number of anilines is 2. The Bertz CT molecular complexity index is 4330. The summed E-state index contributed by atoms with van der Waals surface area (Å²) in [5.41, 5.74) is 19.5. The zero-order chi connectivity index (χ0) is 55.4. The van der Waals surface area contributed by atoms with Crippen molar-refractivity contribution in [1.29, 1.82) is 0 Å². The molecule has 8 N–H and O–H groups in total. The summed E-state index contributed by atoms with van der Waals surface area (Å²) in [5.74, 6) is -1.60. The molecule has 20 nitrogen and oxygen atoms in total. The number of rotatable bonds is 12. The highest BCUT2D eigenvalue weighted by Gasteiger charge is 2.28. The van der Waals surface area contributed by atoms with Gasteiger partial charge in [0.15, 0.2) is 0 Å². The Morgan fingerprint density at radius 1 is 0.519 bits per heavy atom. The zero-order valence-corrected chi connectivity index (χ0v) is 43.0. The maximum absolute atomic E-state index is 13.0. The molecule has 4 heterocycles. The van der Waals surface area contributed by atoms with E-state index < -0.39 is 33.5 Å². The minimum absolute atomic E-state index is 0.0473. The van der Waals surface area contributed by atoms with Gasteiger partial charge < -0.3 is 41.9 Å². The van der Waals surface area contributed by atoms with Crippen molar-refractivity contribution < 1.29 is 19.2 Å². The highest BCUT2D eigenvalue weighted by atomic mass is 16.2. The van der Waals surface area contributed by atoms with E-state index in [1.54, 1.807) is 33.9 Å². The first-order valence-electron chi connectivity index (χ1n) is 25.4. The van der Waals surface area contributed by atoms with Crippen LogP contribution in [0.2, 0.25) is 0 Å². The van der Waals surface area contributed by atoms with Crippen LogP contribution in [-0.4, -0.2) is 52.7 Å². The van der Waals surface area contributed by atoms with E-state index in [0.29, 0.717) is 0 Å². The van der Waals surface area contributed by atoms with Crippen molar-refractivity contribution in [2.45, 2.75) is 71.6 Å². The fourth-order valence-electron chi connectivity index (χ4n) is 10.4. The Hall–Kier alpha value is -10.2. The van der Waals surface area contributed by atoms with Gasteiger partial charge in [0.2, 0.25) is 0 Å². The molecule has 20 heteroatoms. The third-order valence-corrected chi connectivity index (χ3v) is 14.9. The number of amides is 4. The van der Waals surface area contributed by atoms with Gasteiger partial charge in [-0.25, -0.2) is 19.9 Å². The molecule has 0 fully saturated rings. The van der Waals surface area contributed by atoms with Gasteiger partial charge in [0.05, 0.1) is 12.1 Å². The molecule has 0 saturated heterocycles. The molecule has 12 rings (SSSR count). The summed E-state index contributed by atoms with van der Waals surface area (Å²) in [4.78, 5) is 114.